The molecule has 28 heteroatoms. The van der Waals surface area contributed by atoms with Crippen LogP contribution in [0, 0.1) is 0 Å². The van der Waals surface area contributed by atoms with Crippen LogP contribution in [-0.4, -0.2) is 236 Å². The average Bonchev–Trinajstić information content (AvgIpc) is 1.65. The summed E-state index contributed by atoms with van der Waals surface area (Å²) in [7, 11) is 0. The lowest BCUT2D eigenvalue weighted by Gasteiger charge is -2.49. The molecule has 0 bridgehead atoms. The molecule has 8 aliphatic heterocycles. The molecule has 3 aromatic heterocycles. The molecule has 8 N–H and O–H groups in total. The second-order valence-electron chi connectivity index (χ2n) is 24.5. The molecule has 0 saturated carbocycles. The zero-order chi connectivity index (χ0) is 61.1. The number of ether oxygens (including phenoxy) is 6. The van der Waals surface area contributed by atoms with E-state index in [1.54, 1.807) is 10.9 Å². The first kappa shape index (κ1) is 60.0. The molecule has 2 fully saturated rings. The van der Waals surface area contributed by atoms with E-state index in [9.17, 15) is 40.9 Å². The monoisotopic (exact) mass is 1230 g/mol. The highest BCUT2D eigenvalue weighted by atomic mass is 16.6. The van der Waals surface area contributed by atoms with Crippen LogP contribution in [0.1, 0.15) is 105 Å². The smallest absolute Gasteiger partial charge is 0.255 e. The minimum absolute atomic E-state index is 0.00488. The van der Waals surface area contributed by atoms with Gasteiger partial charge in [0.15, 0.2) is 12.5 Å². The van der Waals surface area contributed by atoms with E-state index >= 15 is 4.79 Å². The van der Waals surface area contributed by atoms with Crippen molar-refractivity contribution in [3.05, 3.63) is 117 Å². The zero-order valence-corrected chi connectivity index (χ0v) is 49.4. The number of benzene rings is 3. The van der Waals surface area contributed by atoms with Gasteiger partial charge >= 0.3 is 0 Å². The van der Waals surface area contributed by atoms with Gasteiger partial charge in [-0.25, -0.2) is 14.0 Å². The standard InChI is InChI=1S/C61H77N13O15/c75-33-46-50(77)52(79)54(81)59(87-46)73-31-38(63-66-73)28-68(29-39-32-74(67-64-39)60-55(82)53(80)51(78)47(34-76)88-60)27-37-30-71(65-62-37)17-19-84-21-23-86-24-22-85-20-18-72-58(83)40-9-1-2-12-43(40)61(72)44-25-35-7-3-13-69-15-5-10-41(48(35)69)56(44)89-57-42-11-6-16-70-14-4-8-36(49(42)70)26-45(57)61/h1-2,9,12,25-26,30-32,46-47,50-55,59-60,75-82H,3-8,10-11,13-24,27-29,33-34H2. The zero-order valence-electron chi connectivity index (χ0n) is 49.4. The van der Waals surface area contributed by atoms with Crippen LogP contribution in [0.2, 0.25) is 0 Å². The second kappa shape index (κ2) is 25.2. The van der Waals surface area contributed by atoms with E-state index in [0.717, 1.165) is 111 Å². The molecule has 28 nitrogen and oxygen atoms in total. The highest BCUT2D eigenvalue weighted by molar-refractivity contribution is 6.03. The molecule has 8 aliphatic rings. The molecule has 0 aliphatic carbocycles. The molecule has 1 amide bonds. The number of aliphatic hydroxyl groups excluding tert-OH is 8. The van der Waals surface area contributed by atoms with E-state index in [0.29, 0.717) is 69.8 Å². The lowest BCUT2D eigenvalue weighted by molar-refractivity contribution is -0.254. The van der Waals surface area contributed by atoms with Crippen molar-refractivity contribution in [1.82, 2.24) is 54.8 Å². The van der Waals surface area contributed by atoms with Gasteiger partial charge in [0.05, 0.1) is 88.9 Å². The number of amides is 1. The van der Waals surface area contributed by atoms with Crippen LogP contribution in [0.4, 0.5) is 11.4 Å². The van der Waals surface area contributed by atoms with Crippen molar-refractivity contribution < 1.29 is 74.1 Å². The first-order valence-corrected chi connectivity index (χ1v) is 31.2. The lowest BCUT2D eigenvalue weighted by Crippen LogP contribution is -2.56. The maximum Gasteiger partial charge on any atom is 0.255 e. The summed E-state index contributed by atoms with van der Waals surface area (Å²) in [6.45, 7) is 6.04. The van der Waals surface area contributed by atoms with Crippen LogP contribution in [0.3, 0.4) is 0 Å². The fourth-order valence-corrected chi connectivity index (χ4v) is 14.8. The Morgan fingerprint density at radius 2 is 1.02 bits per heavy atom. The summed E-state index contributed by atoms with van der Waals surface area (Å²) in [5.74, 6) is 1.86. The molecule has 89 heavy (non-hydrogen) atoms. The maximum absolute atomic E-state index is 15.1. The van der Waals surface area contributed by atoms with Gasteiger partial charge in [0.2, 0.25) is 0 Å². The maximum atomic E-state index is 15.1. The van der Waals surface area contributed by atoms with Crippen LogP contribution in [0.25, 0.3) is 0 Å². The summed E-state index contributed by atoms with van der Waals surface area (Å²) in [6.07, 6.45) is -1.49. The third kappa shape index (κ3) is 10.9. The molecular weight excluding hydrogens is 1150 g/mol. The Balaban J connectivity index is 0.599. The molecule has 0 radical (unpaired) electrons. The van der Waals surface area contributed by atoms with E-state index in [2.05, 4.69) is 69.9 Å². The first-order chi connectivity index (χ1) is 43.4. The van der Waals surface area contributed by atoms with Crippen molar-refractivity contribution in [3.8, 4) is 11.5 Å². The molecule has 2 saturated heterocycles. The van der Waals surface area contributed by atoms with Gasteiger partial charge in [-0.1, -0.05) is 33.8 Å². The first-order valence-electron chi connectivity index (χ1n) is 31.2. The summed E-state index contributed by atoms with van der Waals surface area (Å²) in [4.78, 5) is 24.2. The van der Waals surface area contributed by atoms with Gasteiger partial charge in [-0.15, -0.1) is 15.3 Å². The van der Waals surface area contributed by atoms with Gasteiger partial charge in [0.1, 0.15) is 65.9 Å². The number of aromatic nitrogens is 9. The van der Waals surface area contributed by atoms with E-state index in [1.165, 1.54) is 55.4 Å². The van der Waals surface area contributed by atoms with Crippen LogP contribution in [0.15, 0.2) is 55.0 Å². The molecule has 3 aromatic carbocycles. The predicted octanol–water partition coefficient (Wildman–Crippen LogP) is -0.391. The molecule has 6 aromatic rings. The van der Waals surface area contributed by atoms with Crippen molar-refractivity contribution in [3.63, 3.8) is 0 Å². The average molecular weight is 1230 g/mol. The van der Waals surface area contributed by atoms with Crippen LogP contribution >= 0.6 is 0 Å². The number of nitrogens with zero attached hydrogens (tertiary/aromatic N) is 13. The number of carbonyl (C=O) groups is 1. The summed E-state index contributed by atoms with van der Waals surface area (Å²) >= 11 is 0. The van der Waals surface area contributed by atoms with Crippen molar-refractivity contribution in [2.24, 2.45) is 0 Å². The van der Waals surface area contributed by atoms with Gasteiger partial charge in [-0.2, -0.15) is 0 Å². The lowest BCUT2D eigenvalue weighted by atomic mass is 9.70. The number of fused-ring (bicyclic) bond motifs is 8. The summed E-state index contributed by atoms with van der Waals surface area (Å²) in [5, 5.41) is 108. The van der Waals surface area contributed by atoms with Crippen LogP contribution in [-0.2, 0) is 81.1 Å². The van der Waals surface area contributed by atoms with E-state index in [1.807, 2.05) is 17.0 Å². The summed E-state index contributed by atoms with van der Waals surface area (Å²) in [6, 6.07) is 13.0. The van der Waals surface area contributed by atoms with Crippen molar-refractivity contribution in [2.75, 3.05) is 95.4 Å². The van der Waals surface area contributed by atoms with Crippen LogP contribution in [0.5, 0.6) is 11.5 Å². The number of aryl methyl sites for hydroxylation is 2. The Labute approximate surface area is 512 Å². The van der Waals surface area contributed by atoms with E-state index in [-0.39, 0.29) is 25.5 Å². The Morgan fingerprint density at radius 1 is 0.551 bits per heavy atom. The third-order valence-electron chi connectivity index (χ3n) is 18.9. The van der Waals surface area contributed by atoms with E-state index < -0.39 is 80.0 Å². The number of hydrogen-bond donors (Lipinski definition) is 8. The van der Waals surface area contributed by atoms with Gasteiger partial charge in [0, 0.05) is 97.7 Å². The third-order valence-corrected chi connectivity index (χ3v) is 18.9. The summed E-state index contributed by atoms with van der Waals surface area (Å²) < 4.78 is 41.0. The van der Waals surface area contributed by atoms with Crippen molar-refractivity contribution in [2.45, 2.75) is 144 Å². The van der Waals surface area contributed by atoms with Gasteiger partial charge in [-0.3, -0.25) is 9.69 Å². The highest BCUT2D eigenvalue weighted by Gasteiger charge is 2.58. The molecule has 11 heterocycles. The topological polar surface area (TPSA) is 339 Å². The number of carbonyl (C=O) groups excluding carboxylic acids is 1. The fourth-order valence-electron chi connectivity index (χ4n) is 14.8. The highest BCUT2D eigenvalue weighted by Crippen LogP contribution is 2.62. The fraction of sp³-hybridized carbons (Fsp3) is 0.590. The molecule has 476 valence electrons. The number of aliphatic hydroxyl groups is 8. The Kier molecular flexibility index (Phi) is 17.0. The van der Waals surface area contributed by atoms with Crippen molar-refractivity contribution in [1.29, 1.82) is 0 Å². The SMILES string of the molecule is O=C1c2ccccc2C2(c3cc4c5c(c3Oc3c2cc2c6c3CCCN6CCC2)CCCN5CCC4)N1CCOCCOCCOCCn1cc(CN(Cc2cn(C3OC(CO)C(O)C(O)C3O)nn2)Cc2cn(C3OC(CO)C(O)C(O)C3O)nn2)nn1. The quantitative estimate of drug-likeness (QED) is 0.0401. The Hall–Kier alpha value is -6.61. The molecule has 1 spiro atoms. The van der Waals surface area contributed by atoms with Gasteiger partial charge in [0.25, 0.3) is 5.91 Å². The predicted molar refractivity (Wildman–Crippen MR) is 312 cm³/mol. The Bertz CT molecular complexity index is 3360. The normalized spacial score (nSPS) is 26.5. The molecule has 10 unspecified atom stereocenters. The number of hydrogen-bond acceptors (Lipinski definition) is 24. The van der Waals surface area contributed by atoms with Crippen LogP contribution < -0.4 is 14.5 Å². The van der Waals surface area contributed by atoms with Gasteiger partial charge in [-0.05, 0) is 86.3 Å². The van der Waals surface area contributed by atoms with E-state index in [4.69, 9.17) is 28.4 Å². The minimum atomic E-state index is -1.62. The number of anilines is 2. The molecule has 10 atom stereocenters. The molecular formula is C61H77N13O15. The summed E-state index contributed by atoms with van der Waals surface area (Å²) in [5.41, 5.74) is 12.2. The Morgan fingerprint density at radius 3 is 1.55 bits per heavy atom. The molecule has 14 rings (SSSR count). The largest absolute Gasteiger partial charge is 0.456 e. The number of rotatable bonds is 22. The van der Waals surface area contributed by atoms with Crippen molar-refractivity contribution >= 4 is 17.3 Å². The van der Waals surface area contributed by atoms with Gasteiger partial charge < -0.3 is 84.0 Å². The second-order valence-corrected chi connectivity index (χ2v) is 24.5. The minimum Gasteiger partial charge on any atom is -0.456 e.